The molecule has 114 valence electrons. The third-order valence-corrected chi connectivity index (χ3v) is 3.32. The Balaban J connectivity index is 1.72. The molecule has 2 aromatic heterocycles. The van der Waals surface area contributed by atoms with E-state index in [2.05, 4.69) is 25.6 Å². The number of nitrogens with one attached hydrogen (secondary N) is 2. The molecular weight excluding hydrogens is 282 g/mol. The molecule has 2 aromatic rings. The highest BCUT2D eigenvalue weighted by atomic mass is 16.4. The molecule has 0 radical (unpaired) electrons. The zero-order valence-corrected chi connectivity index (χ0v) is 12.0. The Morgan fingerprint density at radius 3 is 2.82 bits per heavy atom. The van der Waals surface area contributed by atoms with E-state index in [1.165, 1.54) is 0 Å². The maximum atomic E-state index is 10.7. The average Bonchev–Trinajstić information content (AvgIpc) is 3.37. The van der Waals surface area contributed by atoms with Crippen molar-refractivity contribution in [2.45, 2.75) is 25.3 Å². The summed E-state index contributed by atoms with van der Waals surface area (Å²) in [5, 5.41) is 14.7. The quantitative estimate of drug-likeness (QED) is 0.717. The third kappa shape index (κ3) is 3.91. The summed E-state index contributed by atoms with van der Waals surface area (Å²) >= 11 is 0. The predicted molar refractivity (Wildman–Crippen MR) is 81.7 cm³/mol. The van der Waals surface area contributed by atoms with Crippen LogP contribution in [0, 0.1) is 0 Å². The molecule has 0 aliphatic heterocycles. The Hall–Kier alpha value is -2.70. The number of aliphatic carboxylic acids is 1. The number of carbonyl (C=O) groups is 1. The van der Waals surface area contributed by atoms with Crippen molar-refractivity contribution in [3.05, 3.63) is 41.9 Å². The van der Waals surface area contributed by atoms with E-state index < -0.39 is 5.97 Å². The lowest BCUT2D eigenvalue weighted by Crippen LogP contribution is -2.15. The van der Waals surface area contributed by atoms with Gasteiger partial charge in [-0.2, -0.15) is 4.98 Å². The fraction of sp³-hybridized carbons (Fsp3) is 0.333. The summed E-state index contributed by atoms with van der Waals surface area (Å²) < 4.78 is 0. The standard InChI is InChI=1S/C15H17N5O2/c21-14(22)9-18-15-19-12(10-4-5-10)7-13(20-15)17-8-11-3-1-2-6-16-11/h1-3,6-7,10H,4-5,8-9H2,(H,21,22)(H2,17,18,19,20). The summed E-state index contributed by atoms with van der Waals surface area (Å²) in [5.74, 6) is 0.540. The second-order valence-electron chi connectivity index (χ2n) is 5.20. The Kier molecular flexibility index (Phi) is 4.13. The van der Waals surface area contributed by atoms with Crippen molar-refractivity contribution in [2.24, 2.45) is 0 Å². The van der Waals surface area contributed by atoms with E-state index in [0.717, 1.165) is 24.2 Å². The molecule has 2 heterocycles. The van der Waals surface area contributed by atoms with Gasteiger partial charge >= 0.3 is 5.97 Å². The number of pyridine rings is 1. The highest BCUT2D eigenvalue weighted by molar-refractivity contribution is 5.72. The van der Waals surface area contributed by atoms with Crippen molar-refractivity contribution in [3.8, 4) is 0 Å². The molecule has 1 saturated carbocycles. The maximum absolute atomic E-state index is 10.7. The topological polar surface area (TPSA) is 100 Å². The number of hydrogen-bond acceptors (Lipinski definition) is 6. The Morgan fingerprint density at radius 1 is 1.27 bits per heavy atom. The SMILES string of the molecule is O=C(O)CNc1nc(NCc2ccccn2)cc(C2CC2)n1. The minimum absolute atomic E-state index is 0.201. The van der Waals surface area contributed by atoms with Crippen molar-refractivity contribution in [1.82, 2.24) is 15.0 Å². The Bertz CT molecular complexity index is 658. The number of aromatic nitrogens is 3. The molecule has 0 amide bonds. The first kappa shape index (κ1) is 14.2. The van der Waals surface area contributed by atoms with Gasteiger partial charge in [0.15, 0.2) is 0 Å². The van der Waals surface area contributed by atoms with Crippen molar-refractivity contribution in [1.29, 1.82) is 0 Å². The molecule has 22 heavy (non-hydrogen) atoms. The van der Waals surface area contributed by atoms with Crippen LogP contribution in [0.3, 0.4) is 0 Å². The predicted octanol–water partition coefficient (Wildman–Crippen LogP) is 1.86. The first-order valence-corrected chi connectivity index (χ1v) is 7.19. The number of carboxylic acid groups (broad SMARTS) is 1. The minimum Gasteiger partial charge on any atom is -0.480 e. The van der Waals surface area contributed by atoms with E-state index in [4.69, 9.17) is 5.11 Å². The van der Waals surface area contributed by atoms with Crippen molar-refractivity contribution in [3.63, 3.8) is 0 Å². The van der Waals surface area contributed by atoms with E-state index in [9.17, 15) is 4.79 Å². The molecule has 3 N–H and O–H groups in total. The molecule has 0 bridgehead atoms. The average molecular weight is 299 g/mol. The molecule has 1 aliphatic rings. The van der Waals surface area contributed by atoms with Gasteiger partial charge in [-0.1, -0.05) is 6.07 Å². The summed E-state index contributed by atoms with van der Waals surface area (Å²) in [4.78, 5) is 23.6. The van der Waals surface area contributed by atoms with Gasteiger partial charge in [-0.15, -0.1) is 0 Å². The fourth-order valence-corrected chi connectivity index (χ4v) is 2.06. The van der Waals surface area contributed by atoms with Crippen LogP contribution in [-0.4, -0.2) is 32.6 Å². The molecule has 0 aromatic carbocycles. The summed E-state index contributed by atoms with van der Waals surface area (Å²) in [6.45, 7) is 0.355. The molecule has 1 aliphatic carbocycles. The molecule has 7 nitrogen and oxygen atoms in total. The van der Waals surface area contributed by atoms with E-state index in [1.807, 2.05) is 24.3 Å². The van der Waals surface area contributed by atoms with Gasteiger partial charge < -0.3 is 15.7 Å². The van der Waals surface area contributed by atoms with Gasteiger partial charge in [-0.3, -0.25) is 9.78 Å². The zero-order valence-electron chi connectivity index (χ0n) is 12.0. The summed E-state index contributed by atoms with van der Waals surface area (Å²) in [6, 6.07) is 7.65. The molecule has 1 fully saturated rings. The van der Waals surface area contributed by atoms with E-state index >= 15 is 0 Å². The van der Waals surface area contributed by atoms with Crippen LogP contribution in [0.25, 0.3) is 0 Å². The van der Waals surface area contributed by atoms with Crippen LogP contribution in [0.1, 0.15) is 30.1 Å². The fourth-order valence-electron chi connectivity index (χ4n) is 2.06. The van der Waals surface area contributed by atoms with Crippen LogP contribution in [-0.2, 0) is 11.3 Å². The van der Waals surface area contributed by atoms with Gasteiger partial charge in [-0.25, -0.2) is 4.98 Å². The van der Waals surface area contributed by atoms with Crippen LogP contribution in [0.15, 0.2) is 30.5 Å². The summed E-state index contributed by atoms with van der Waals surface area (Å²) in [6.07, 6.45) is 3.98. The highest BCUT2D eigenvalue weighted by Crippen LogP contribution is 2.39. The highest BCUT2D eigenvalue weighted by Gasteiger charge is 2.26. The minimum atomic E-state index is -0.941. The molecule has 0 unspecified atom stereocenters. The Morgan fingerprint density at radius 2 is 2.14 bits per heavy atom. The number of rotatable bonds is 7. The lowest BCUT2D eigenvalue weighted by Gasteiger charge is -2.10. The Labute approximate surface area is 127 Å². The van der Waals surface area contributed by atoms with Crippen LogP contribution in [0.2, 0.25) is 0 Å². The second-order valence-corrected chi connectivity index (χ2v) is 5.20. The third-order valence-electron chi connectivity index (χ3n) is 3.32. The first-order chi connectivity index (χ1) is 10.7. The van der Waals surface area contributed by atoms with Gasteiger partial charge in [0.25, 0.3) is 0 Å². The molecule has 0 atom stereocenters. The lowest BCUT2D eigenvalue weighted by atomic mass is 10.2. The van der Waals surface area contributed by atoms with Crippen molar-refractivity contribution in [2.75, 3.05) is 17.2 Å². The maximum Gasteiger partial charge on any atom is 0.322 e. The zero-order chi connectivity index (χ0) is 15.4. The van der Waals surface area contributed by atoms with Crippen molar-refractivity contribution >= 4 is 17.7 Å². The number of hydrogen-bond donors (Lipinski definition) is 3. The molecule has 0 saturated heterocycles. The van der Waals surface area contributed by atoms with Gasteiger partial charge in [0, 0.05) is 18.2 Å². The summed E-state index contributed by atoms with van der Waals surface area (Å²) in [5.41, 5.74) is 1.86. The van der Waals surface area contributed by atoms with Crippen LogP contribution < -0.4 is 10.6 Å². The smallest absolute Gasteiger partial charge is 0.322 e. The monoisotopic (exact) mass is 299 g/mol. The van der Waals surface area contributed by atoms with Crippen LogP contribution >= 0.6 is 0 Å². The normalized spacial score (nSPS) is 13.6. The van der Waals surface area contributed by atoms with E-state index in [0.29, 0.717) is 24.2 Å². The van der Waals surface area contributed by atoms with Crippen LogP contribution in [0.5, 0.6) is 0 Å². The lowest BCUT2D eigenvalue weighted by molar-refractivity contribution is -0.134. The van der Waals surface area contributed by atoms with Gasteiger partial charge in [0.05, 0.1) is 17.9 Å². The molecular formula is C15H17N5O2. The van der Waals surface area contributed by atoms with Crippen LogP contribution in [0.4, 0.5) is 11.8 Å². The van der Waals surface area contributed by atoms with Crippen molar-refractivity contribution < 1.29 is 9.90 Å². The molecule has 3 rings (SSSR count). The van der Waals surface area contributed by atoms with E-state index in [-0.39, 0.29) is 6.54 Å². The van der Waals surface area contributed by atoms with Gasteiger partial charge in [0.2, 0.25) is 5.95 Å². The number of nitrogens with zero attached hydrogens (tertiary/aromatic N) is 3. The number of carboxylic acids is 1. The van der Waals surface area contributed by atoms with Gasteiger partial charge in [-0.05, 0) is 25.0 Å². The second kappa shape index (κ2) is 6.38. The van der Waals surface area contributed by atoms with Gasteiger partial charge in [0.1, 0.15) is 12.4 Å². The number of anilines is 2. The van der Waals surface area contributed by atoms with E-state index in [1.54, 1.807) is 6.20 Å². The molecule has 0 spiro atoms. The largest absolute Gasteiger partial charge is 0.480 e. The first-order valence-electron chi connectivity index (χ1n) is 7.19. The molecule has 7 heteroatoms. The summed E-state index contributed by atoms with van der Waals surface area (Å²) in [7, 11) is 0.